The van der Waals surface area contributed by atoms with E-state index in [1.807, 2.05) is 6.07 Å². The molecule has 0 bridgehead atoms. The maximum Gasteiger partial charge on any atom is 0.293 e. The summed E-state index contributed by atoms with van der Waals surface area (Å²) in [6.45, 7) is 0.952. The molecule has 2 aromatic carbocycles. The van der Waals surface area contributed by atoms with Gasteiger partial charge in [0.1, 0.15) is 13.2 Å². The number of aromatic nitrogens is 1. The first-order chi connectivity index (χ1) is 15.0. The first-order valence-corrected chi connectivity index (χ1v) is 11.8. The number of fused-ring (bicyclic) bond motifs is 2. The first kappa shape index (κ1) is 19.6. The third kappa shape index (κ3) is 3.87. The lowest BCUT2D eigenvalue weighted by atomic mass is 10.2. The van der Waals surface area contributed by atoms with Crippen LogP contribution in [0.5, 0.6) is 11.5 Å². The summed E-state index contributed by atoms with van der Waals surface area (Å²) < 4.78 is 42.6. The van der Waals surface area contributed by atoms with Crippen molar-refractivity contribution in [3.05, 3.63) is 66.1 Å². The van der Waals surface area contributed by atoms with Crippen molar-refractivity contribution in [1.29, 1.82) is 0 Å². The Kier molecular flexibility index (Phi) is 4.87. The number of rotatable bonds is 5. The molecule has 0 spiro atoms. The molecular formula is C21H16N2O6S2. The summed E-state index contributed by atoms with van der Waals surface area (Å²) in [6, 6.07) is 13.1. The molecule has 0 saturated carbocycles. The first-order valence-electron chi connectivity index (χ1n) is 9.35. The number of thiazole rings is 1. The zero-order chi connectivity index (χ0) is 21.4. The maximum absolute atomic E-state index is 12.8. The van der Waals surface area contributed by atoms with Gasteiger partial charge >= 0.3 is 0 Å². The van der Waals surface area contributed by atoms with Crippen LogP contribution in [-0.4, -0.2) is 32.5 Å². The topological polar surface area (TPSA) is 108 Å². The number of amides is 1. The lowest BCUT2D eigenvalue weighted by Gasteiger charge is -2.17. The van der Waals surface area contributed by atoms with E-state index in [0.717, 1.165) is 4.70 Å². The predicted molar refractivity (Wildman–Crippen MR) is 115 cm³/mol. The van der Waals surface area contributed by atoms with Gasteiger partial charge in [0.25, 0.3) is 5.91 Å². The van der Waals surface area contributed by atoms with Crippen molar-refractivity contribution >= 4 is 42.4 Å². The molecular weight excluding hydrogens is 440 g/mol. The van der Waals surface area contributed by atoms with E-state index in [2.05, 4.69) is 10.3 Å². The number of anilines is 1. The van der Waals surface area contributed by atoms with Gasteiger partial charge in [0.05, 0.1) is 27.1 Å². The van der Waals surface area contributed by atoms with Crippen molar-refractivity contribution in [2.24, 2.45) is 0 Å². The minimum Gasteiger partial charge on any atom is -0.486 e. The van der Waals surface area contributed by atoms with Crippen LogP contribution in [-0.2, 0) is 15.6 Å². The zero-order valence-corrected chi connectivity index (χ0v) is 17.7. The van der Waals surface area contributed by atoms with E-state index in [-0.39, 0.29) is 22.0 Å². The number of nitrogens with zero attached hydrogens (tertiary/aromatic N) is 1. The van der Waals surface area contributed by atoms with Gasteiger partial charge in [-0.15, -0.1) is 0 Å². The summed E-state index contributed by atoms with van der Waals surface area (Å²) in [7, 11) is -3.62. The molecule has 0 radical (unpaired) electrons. The molecule has 1 aliphatic rings. The number of carbonyl (C=O) groups is 1. The molecule has 2 aromatic heterocycles. The summed E-state index contributed by atoms with van der Waals surface area (Å²) in [5, 5.41) is 3.05. The second kappa shape index (κ2) is 7.71. The summed E-state index contributed by atoms with van der Waals surface area (Å²) >= 11 is 1.27. The van der Waals surface area contributed by atoms with Crippen LogP contribution in [0.3, 0.4) is 0 Å². The number of hydrogen-bond acceptors (Lipinski definition) is 8. The van der Waals surface area contributed by atoms with Gasteiger partial charge in [-0.25, -0.2) is 13.4 Å². The SMILES string of the molecule is O=C(Nc1nc2cc3c(cc2s1)OCCO3)c1occc1CS(=O)(=O)c1ccccc1. The number of benzene rings is 2. The fraction of sp³-hybridized carbons (Fsp3) is 0.143. The van der Waals surface area contributed by atoms with Gasteiger partial charge in [-0.1, -0.05) is 29.5 Å². The van der Waals surface area contributed by atoms with E-state index < -0.39 is 15.7 Å². The highest BCUT2D eigenvalue weighted by atomic mass is 32.2. The fourth-order valence-corrected chi connectivity index (χ4v) is 5.48. The molecule has 31 heavy (non-hydrogen) atoms. The third-order valence-electron chi connectivity index (χ3n) is 4.67. The maximum atomic E-state index is 12.8. The Labute approximate surface area is 181 Å². The van der Waals surface area contributed by atoms with Gasteiger partial charge in [-0.3, -0.25) is 10.1 Å². The van der Waals surface area contributed by atoms with Gasteiger partial charge in [0.2, 0.25) is 0 Å². The largest absolute Gasteiger partial charge is 0.486 e. The molecule has 0 aliphatic carbocycles. The van der Waals surface area contributed by atoms with E-state index in [4.69, 9.17) is 13.9 Å². The molecule has 1 aliphatic heterocycles. The van der Waals surface area contributed by atoms with Crippen molar-refractivity contribution in [3.8, 4) is 11.5 Å². The molecule has 0 saturated heterocycles. The molecule has 1 N–H and O–H groups in total. The Morgan fingerprint density at radius 3 is 2.58 bits per heavy atom. The Balaban J connectivity index is 1.38. The van der Waals surface area contributed by atoms with Crippen molar-refractivity contribution in [2.45, 2.75) is 10.6 Å². The number of ether oxygens (including phenoxy) is 2. The number of nitrogens with one attached hydrogen (secondary N) is 1. The number of carbonyl (C=O) groups excluding carboxylic acids is 1. The van der Waals surface area contributed by atoms with Gasteiger partial charge in [0.15, 0.2) is 32.2 Å². The second-order valence-electron chi connectivity index (χ2n) is 6.78. The van der Waals surface area contributed by atoms with Crippen molar-refractivity contribution in [3.63, 3.8) is 0 Å². The molecule has 0 atom stereocenters. The average molecular weight is 457 g/mol. The quantitative estimate of drug-likeness (QED) is 0.485. The van der Waals surface area contributed by atoms with Crippen molar-refractivity contribution < 1.29 is 27.1 Å². The minimum atomic E-state index is -3.62. The van der Waals surface area contributed by atoms with Crippen molar-refractivity contribution in [1.82, 2.24) is 4.98 Å². The van der Waals surface area contributed by atoms with Crippen LogP contribution in [0.1, 0.15) is 16.1 Å². The van der Waals surface area contributed by atoms with Gasteiger partial charge in [-0.2, -0.15) is 0 Å². The lowest BCUT2D eigenvalue weighted by molar-refractivity contribution is 0.0996. The number of hydrogen-bond donors (Lipinski definition) is 1. The molecule has 1 amide bonds. The molecule has 4 aromatic rings. The van der Waals surface area contributed by atoms with Crippen LogP contribution in [0, 0.1) is 0 Å². The monoisotopic (exact) mass is 456 g/mol. The molecule has 10 heteroatoms. The second-order valence-corrected chi connectivity index (χ2v) is 9.80. The molecule has 158 valence electrons. The smallest absolute Gasteiger partial charge is 0.293 e. The number of furan rings is 1. The summed E-state index contributed by atoms with van der Waals surface area (Å²) in [5.41, 5.74) is 0.940. The predicted octanol–water partition coefficient (Wildman–Crippen LogP) is 3.89. The standard InChI is InChI=1S/C21H16N2O6S2/c24-20(19-13(6-7-29-19)12-31(25,26)14-4-2-1-3-5-14)23-21-22-15-10-16-17(11-18(15)30-21)28-9-8-27-16/h1-7,10-11H,8-9,12H2,(H,22,23,24). The van der Waals surface area contributed by atoms with Crippen LogP contribution < -0.4 is 14.8 Å². The average Bonchev–Trinajstić information content (AvgIpc) is 3.38. The van der Waals surface area contributed by atoms with Crippen LogP contribution in [0.2, 0.25) is 0 Å². The molecule has 5 rings (SSSR count). The Morgan fingerprint density at radius 1 is 1.06 bits per heavy atom. The van der Waals surface area contributed by atoms with E-state index in [0.29, 0.717) is 35.4 Å². The Hall–Kier alpha value is -3.37. The molecule has 0 unspecified atom stereocenters. The summed E-state index contributed by atoms with van der Waals surface area (Å²) in [6.07, 6.45) is 1.30. The molecule has 3 heterocycles. The van der Waals surface area contributed by atoms with Gasteiger partial charge < -0.3 is 13.9 Å². The minimum absolute atomic E-state index is 0.0651. The van der Waals surface area contributed by atoms with E-state index in [9.17, 15) is 13.2 Å². The van der Waals surface area contributed by atoms with E-state index in [1.165, 1.54) is 35.8 Å². The highest BCUT2D eigenvalue weighted by Crippen LogP contribution is 2.38. The highest BCUT2D eigenvalue weighted by molar-refractivity contribution is 7.90. The Morgan fingerprint density at radius 2 is 1.81 bits per heavy atom. The van der Waals surface area contributed by atoms with Crippen LogP contribution in [0.4, 0.5) is 5.13 Å². The third-order valence-corrected chi connectivity index (χ3v) is 7.29. The van der Waals surface area contributed by atoms with Gasteiger partial charge in [0, 0.05) is 17.7 Å². The lowest BCUT2D eigenvalue weighted by Crippen LogP contribution is -2.15. The Bertz CT molecular complexity index is 1330. The summed E-state index contributed by atoms with van der Waals surface area (Å²) in [5.74, 6) is 0.266. The van der Waals surface area contributed by atoms with Crippen LogP contribution >= 0.6 is 11.3 Å². The van der Waals surface area contributed by atoms with E-state index in [1.54, 1.807) is 24.3 Å². The highest BCUT2D eigenvalue weighted by Gasteiger charge is 2.23. The van der Waals surface area contributed by atoms with E-state index >= 15 is 0 Å². The fourth-order valence-electron chi connectivity index (χ4n) is 3.24. The van der Waals surface area contributed by atoms with Gasteiger partial charge in [-0.05, 0) is 18.2 Å². The van der Waals surface area contributed by atoms with Crippen LogP contribution in [0.15, 0.2) is 64.1 Å². The zero-order valence-electron chi connectivity index (χ0n) is 16.0. The molecule has 8 nitrogen and oxygen atoms in total. The number of sulfone groups is 1. The van der Waals surface area contributed by atoms with Crippen LogP contribution in [0.25, 0.3) is 10.2 Å². The normalized spacial score (nSPS) is 13.3. The molecule has 0 fully saturated rings. The summed E-state index contributed by atoms with van der Waals surface area (Å²) in [4.78, 5) is 17.4. The van der Waals surface area contributed by atoms with Crippen molar-refractivity contribution in [2.75, 3.05) is 18.5 Å².